The number of thioether (sulfide) groups is 2. The van der Waals surface area contributed by atoms with Crippen LogP contribution in [-0.2, 0) is 5.75 Å². The molecule has 0 fully saturated rings. The molecule has 0 unspecified atom stereocenters. The predicted octanol–water partition coefficient (Wildman–Crippen LogP) is 4.83. The lowest BCUT2D eigenvalue weighted by Crippen LogP contribution is -2.25. The first-order valence-corrected chi connectivity index (χ1v) is 9.56. The van der Waals surface area contributed by atoms with Crippen LogP contribution in [0.5, 0.6) is 0 Å². The Hall–Kier alpha value is -2.11. The van der Waals surface area contributed by atoms with Crippen LogP contribution in [-0.4, -0.2) is 23.7 Å². The van der Waals surface area contributed by atoms with Crippen LogP contribution in [0.15, 0.2) is 53.4 Å². The van der Waals surface area contributed by atoms with E-state index in [0.717, 1.165) is 5.56 Å². The van der Waals surface area contributed by atoms with Gasteiger partial charge < -0.3 is 5.32 Å². The van der Waals surface area contributed by atoms with Gasteiger partial charge in [-0.2, -0.15) is 30.2 Å². The summed E-state index contributed by atoms with van der Waals surface area (Å²) in [5.41, 5.74) is -2.44. The Kier molecular flexibility index (Phi) is 7.42. The predicted molar refractivity (Wildman–Crippen MR) is 98.0 cm³/mol. The third-order valence-electron chi connectivity index (χ3n) is 3.28. The molecule has 0 aliphatic carbocycles. The highest BCUT2D eigenvalue weighted by Crippen LogP contribution is 2.36. The molecule has 0 aliphatic rings. The third kappa shape index (κ3) is 6.65. The smallest absolute Gasteiger partial charge is 0.351 e. The van der Waals surface area contributed by atoms with Crippen molar-refractivity contribution in [3.63, 3.8) is 0 Å². The number of nitrogens with one attached hydrogen (secondary N) is 1. The van der Waals surface area contributed by atoms with Crippen LogP contribution in [0.25, 0.3) is 0 Å². The third-order valence-corrected chi connectivity index (χ3v) is 5.02. The number of hydrogen-bond acceptors (Lipinski definition) is 4. The number of carbonyl (C=O) groups is 1. The van der Waals surface area contributed by atoms with Gasteiger partial charge in [-0.15, -0.1) is 0 Å². The summed E-state index contributed by atoms with van der Waals surface area (Å²) in [7, 11) is 0. The Morgan fingerprint density at radius 3 is 2.46 bits per heavy atom. The number of nitrogens with zero attached hydrogens (tertiary/aromatic N) is 1. The molecule has 1 amide bonds. The van der Waals surface area contributed by atoms with Crippen molar-refractivity contribution in [2.45, 2.75) is 16.2 Å². The highest BCUT2D eigenvalue weighted by molar-refractivity contribution is 8.00. The second kappa shape index (κ2) is 9.55. The highest BCUT2D eigenvalue weighted by Gasteiger charge is 2.29. The molecule has 2 aromatic rings. The lowest BCUT2D eigenvalue weighted by molar-refractivity contribution is -0.0328. The van der Waals surface area contributed by atoms with Crippen LogP contribution >= 0.6 is 23.5 Å². The average molecular weight is 396 g/mol. The van der Waals surface area contributed by atoms with Gasteiger partial charge in [-0.05, 0) is 47.7 Å². The molecule has 3 nitrogen and oxygen atoms in total. The first-order chi connectivity index (χ1) is 12.4. The molecule has 8 heteroatoms. The highest BCUT2D eigenvalue weighted by atomic mass is 32.2. The second-order valence-electron chi connectivity index (χ2n) is 5.15. The second-order valence-corrected chi connectivity index (χ2v) is 7.39. The number of hydrogen-bond donors (Lipinski definition) is 1. The number of benzene rings is 2. The van der Waals surface area contributed by atoms with Crippen molar-refractivity contribution in [2.75, 3.05) is 12.3 Å². The van der Waals surface area contributed by atoms with E-state index in [9.17, 15) is 18.0 Å². The summed E-state index contributed by atoms with van der Waals surface area (Å²) in [4.78, 5) is 12.0. The van der Waals surface area contributed by atoms with Crippen LogP contribution in [0.2, 0.25) is 0 Å². The standard InChI is InChI=1S/C18H15F3N2OS2/c19-18(20,21)26-16-7-5-13(6-8-16)17(24)23-9-10-25-12-15-4-2-1-3-14(15)11-22/h1-8H,9-10,12H2,(H,23,24). The van der Waals surface area contributed by atoms with Crippen molar-refractivity contribution in [1.82, 2.24) is 5.32 Å². The fourth-order valence-electron chi connectivity index (χ4n) is 2.08. The average Bonchev–Trinajstić information content (AvgIpc) is 2.61. The molecule has 2 aromatic carbocycles. The zero-order valence-electron chi connectivity index (χ0n) is 13.5. The topological polar surface area (TPSA) is 52.9 Å². The molecule has 0 heterocycles. The van der Waals surface area contributed by atoms with E-state index in [1.165, 1.54) is 24.3 Å². The SMILES string of the molecule is N#Cc1ccccc1CSCCNC(=O)c1ccc(SC(F)(F)F)cc1. The largest absolute Gasteiger partial charge is 0.446 e. The maximum absolute atomic E-state index is 12.3. The number of nitriles is 1. The number of alkyl halides is 3. The van der Waals surface area contributed by atoms with Crippen LogP contribution in [0.3, 0.4) is 0 Å². The van der Waals surface area contributed by atoms with E-state index in [2.05, 4.69) is 11.4 Å². The van der Waals surface area contributed by atoms with Gasteiger partial charge in [0.15, 0.2) is 0 Å². The van der Waals surface area contributed by atoms with E-state index in [-0.39, 0.29) is 22.6 Å². The van der Waals surface area contributed by atoms with Gasteiger partial charge in [0.1, 0.15) is 0 Å². The zero-order chi connectivity index (χ0) is 19.0. The molecule has 0 radical (unpaired) electrons. The van der Waals surface area contributed by atoms with Crippen molar-refractivity contribution in [1.29, 1.82) is 5.26 Å². The van der Waals surface area contributed by atoms with Gasteiger partial charge in [0.25, 0.3) is 5.91 Å². The van der Waals surface area contributed by atoms with Crippen molar-refractivity contribution >= 4 is 29.4 Å². The summed E-state index contributed by atoms with van der Waals surface area (Å²) in [6.07, 6.45) is 0. The molecule has 1 N–H and O–H groups in total. The van der Waals surface area contributed by atoms with Crippen LogP contribution < -0.4 is 5.32 Å². The van der Waals surface area contributed by atoms with E-state index in [0.29, 0.717) is 29.2 Å². The fourth-order valence-corrected chi connectivity index (χ4v) is 3.49. The van der Waals surface area contributed by atoms with E-state index in [4.69, 9.17) is 5.26 Å². The molecule has 136 valence electrons. The molecule has 0 spiro atoms. The number of halogens is 3. The van der Waals surface area contributed by atoms with Crippen LogP contribution in [0, 0.1) is 11.3 Å². The summed E-state index contributed by atoms with van der Waals surface area (Å²) in [6, 6.07) is 14.8. The molecule has 2 rings (SSSR count). The minimum Gasteiger partial charge on any atom is -0.351 e. The van der Waals surface area contributed by atoms with Gasteiger partial charge in [-0.3, -0.25) is 4.79 Å². The van der Waals surface area contributed by atoms with E-state index >= 15 is 0 Å². The summed E-state index contributed by atoms with van der Waals surface area (Å²) in [5, 5.41) is 11.7. The summed E-state index contributed by atoms with van der Waals surface area (Å²) in [5.74, 6) is 1.00. The summed E-state index contributed by atoms with van der Waals surface area (Å²) < 4.78 is 36.8. The quantitative estimate of drug-likeness (QED) is 0.538. The van der Waals surface area contributed by atoms with Gasteiger partial charge >= 0.3 is 5.51 Å². The van der Waals surface area contributed by atoms with Crippen molar-refractivity contribution in [3.8, 4) is 6.07 Å². The van der Waals surface area contributed by atoms with E-state index in [1.807, 2.05) is 18.2 Å². The first kappa shape index (κ1) is 20.2. The summed E-state index contributed by atoms with van der Waals surface area (Å²) in [6.45, 7) is 0.428. The van der Waals surface area contributed by atoms with Gasteiger partial charge in [0.2, 0.25) is 0 Å². The maximum Gasteiger partial charge on any atom is 0.446 e. The fraction of sp³-hybridized carbons (Fsp3) is 0.222. The maximum atomic E-state index is 12.3. The molecular weight excluding hydrogens is 381 g/mol. The minimum absolute atomic E-state index is 0.0424. The Morgan fingerprint density at radius 1 is 1.12 bits per heavy atom. The molecule has 0 saturated heterocycles. The van der Waals surface area contributed by atoms with Gasteiger partial charge in [0.05, 0.1) is 11.6 Å². The lowest BCUT2D eigenvalue weighted by atomic mass is 10.1. The monoisotopic (exact) mass is 396 g/mol. The number of rotatable bonds is 7. The Bertz CT molecular complexity index is 786. The molecular formula is C18H15F3N2OS2. The van der Waals surface area contributed by atoms with Gasteiger partial charge in [0, 0.05) is 28.5 Å². The molecule has 0 aliphatic heterocycles. The van der Waals surface area contributed by atoms with Crippen molar-refractivity contribution in [2.24, 2.45) is 0 Å². The van der Waals surface area contributed by atoms with Crippen LogP contribution in [0.1, 0.15) is 21.5 Å². The normalized spacial score (nSPS) is 11.0. The Labute approximate surface area is 158 Å². The minimum atomic E-state index is -4.34. The van der Waals surface area contributed by atoms with Gasteiger partial charge in [-0.25, -0.2) is 0 Å². The number of carbonyl (C=O) groups excluding carboxylic acids is 1. The zero-order valence-corrected chi connectivity index (χ0v) is 15.2. The van der Waals surface area contributed by atoms with E-state index in [1.54, 1.807) is 17.8 Å². The molecule has 0 aromatic heterocycles. The number of amides is 1. The Morgan fingerprint density at radius 2 is 1.81 bits per heavy atom. The van der Waals surface area contributed by atoms with Gasteiger partial charge in [-0.1, -0.05) is 18.2 Å². The van der Waals surface area contributed by atoms with Crippen LogP contribution in [0.4, 0.5) is 13.2 Å². The molecule has 26 heavy (non-hydrogen) atoms. The van der Waals surface area contributed by atoms with Crippen molar-refractivity contribution < 1.29 is 18.0 Å². The molecule has 0 atom stereocenters. The van der Waals surface area contributed by atoms with E-state index < -0.39 is 5.51 Å². The Balaban J connectivity index is 1.74. The lowest BCUT2D eigenvalue weighted by Gasteiger charge is -2.08. The first-order valence-electron chi connectivity index (χ1n) is 7.59. The summed E-state index contributed by atoms with van der Waals surface area (Å²) >= 11 is 1.38. The molecule has 0 saturated carbocycles. The molecule has 0 bridgehead atoms. The van der Waals surface area contributed by atoms with Crippen molar-refractivity contribution in [3.05, 3.63) is 65.2 Å².